The number of hydrogen-bond acceptors (Lipinski definition) is 5. The average molecular weight is 357 g/mol. The van der Waals surface area contributed by atoms with Gasteiger partial charge in [-0.05, 0) is 36.6 Å². The fourth-order valence-corrected chi connectivity index (χ4v) is 3.63. The Labute approximate surface area is 146 Å². The number of rotatable bonds is 5. The molecule has 0 unspecified atom stereocenters. The van der Waals surface area contributed by atoms with Gasteiger partial charge in [-0.3, -0.25) is 4.79 Å². The van der Waals surface area contributed by atoms with E-state index in [-0.39, 0.29) is 11.4 Å². The summed E-state index contributed by atoms with van der Waals surface area (Å²) in [5.41, 5.74) is 2.50. The number of aromatic nitrogens is 4. The Morgan fingerprint density at radius 1 is 1.36 bits per heavy atom. The van der Waals surface area contributed by atoms with Crippen LogP contribution in [0.1, 0.15) is 18.2 Å². The van der Waals surface area contributed by atoms with Crippen LogP contribution in [0.5, 0.6) is 0 Å². The molecule has 0 radical (unpaired) electrons. The largest absolute Gasteiger partial charge is 0.361 e. The molecule has 0 amide bonds. The molecule has 3 heterocycles. The van der Waals surface area contributed by atoms with Crippen LogP contribution >= 0.6 is 11.3 Å². The molecule has 2 N–H and O–H groups in total. The molecule has 8 heteroatoms. The Bertz CT molecular complexity index is 1110. The lowest BCUT2D eigenvalue weighted by Crippen LogP contribution is -2.15. The monoisotopic (exact) mass is 357 g/mol. The van der Waals surface area contributed by atoms with Crippen LogP contribution in [0.15, 0.2) is 35.3 Å². The first-order chi connectivity index (χ1) is 12.1. The summed E-state index contributed by atoms with van der Waals surface area (Å²) in [6, 6.07) is 6.25. The van der Waals surface area contributed by atoms with Gasteiger partial charge in [0.2, 0.25) is 10.1 Å². The third-order valence-electron chi connectivity index (χ3n) is 4.06. The summed E-state index contributed by atoms with van der Waals surface area (Å²) in [6.07, 6.45) is 3.36. The minimum absolute atomic E-state index is 0.162. The smallest absolute Gasteiger partial charge is 0.275 e. The number of benzene rings is 1. The molecule has 0 fully saturated rings. The van der Waals surface area contributed by atoms with E-state index < -0.39 is 0 Å². The highest BCUT2D eigenvalue weighted by Crippen LogP contribution is 2.21. The zero-order chi connectivity index (χ0) is 17.4. The molecule has 0 saturated heterocycles. The third kappa shape index (κ3) is 3.00. The second-order valence-corrected chi connectivity index (χ2v) is 6.68. The van der Waals surface area contributed by atoms with Crippen molar-refractivity contribution in [3.05, 3.63) is 57.9 Å². The van der Waals surface area contributed by atoms with Gasteiger partial charge in [0, 0.05) is 35.4 Å². The summed E-state index contributed by atoms with van der Waals surface area (Å²) in [6.45, 7) is 2.62. The first-order valence-corrected chi connectivity index (χ1v) is 8.85. The highest BCUT2D eigenvalue weighted by atomic mass is 32.1. The van der Waals surface area contributed by atoms with Crippen molar-refractivity contribution in [3.63, 3.8) is 0 Å². The predicted molar refractivity (Wildman–Crippen MR) is 97.0 cm³/mol. The molecule has 0 bridgehead atoms. The summed E-state index contributed by atoms with van der Waals surface area (Å²) in [5, 5.41) is 9.17. The molecule has 1 aromatic carbocycles. The van der Waals surface area contributed by atoms with Gasteiger partial charge >= 0.3 is 0 Å². The molecule has 0 saturated carbocycles. The maximum absolute atomic E-state index is 13.2. The van der Waals surface area contributed by atoms with Crippen LogP contribution in [-0.2, 0) is 12.8 Å². The molecule has 6 nitrogen and oxygen atoms in total. The number of H-pyrrole nitrogens is 1. The lowest BCUT2D eigenvalue weighted by atomic mass is 10.1. The normalized spacial score (nSPS) is 11.4. The molecule has 0 aliphatic heterocycles. The van der Waals surface area contributed by atoms with Crippen LogP contribution in [-0.4, -0.2) is 26.1 Å². The summed E-state index contributed by atoms with van der Waals surface area (Å²) in [7, 11) is 0. The molecular formula is C17H16FN5OS. The summed E-state index contributed by atoms with van der Waals surface area (Å²) in [4.78, 5) is 20.1. The lowest BCUT2D eigenvalue weighted by Gasteiger charge is -2.01. The highest BCUT2D eigenvalue weighted by Gasteiger charge is 2.09. The van der Waals surface area contributed by atoms with Crippen LogP contribution in [0.2, 0.25) is 0 Å². The standard InChI is InChI=1S/C17H16FN5OS/c1-2-12-8-15(24)23-17(21-12)25-16(22-23)19-6-5-10-9-20-14-7-11(18)3-4-13(10)14/h3-4,7-9,20H,2,5-6H2,1H3,(H,19,22). The Morgan fingerprint density at radius 2 is 2.24 bits per heavy atom. The van der Waals surface area contributed by atoms with Gasteiger partial charge in [0.05, 0.1) is 0 Å². The van der Waals surface area contributed by atoms with E-state index >= 15 is 0 Å². The van der Waals surface area contributed by atoms with E-state index in [1.807, 2.05) is 13.1 Å². The van der Waals surface area contributed by atoms with Crippen LogP contribution in [0.25, 0.3) is 15.9 Å². The van der Waals surface area contributed by atoms with Gasteiger partial charge in [0.25, 0.3) is 5.56 Å². The van der Waals surface area contributed by atoms with E-state index in [9.17, 15) is 9.18 Å². The van der Waals surface area contributed by atoms with Crippen LogP contribution in [0.3, 0.4) is 0 Å². The fraction of sp³-hybridized carbons (Fsp3) is 0.235. The van der Waals surface area contributed by atoms with Crippen LogP contribution in [0, 0.1) is 5.82 Å². The number of fused-ring (bicyclic) bond motifs is 2. The van der Waals surface area contributed by atoms with Crippen molar-refractivity contribution in [2.45, 2.75) is 19.8 Å². The Kier molecular flexibility index (Phi) is 3.96. The molecule has 25 heavy (non-hydrogen) atoms. The zero-order valence-corrected chi connectivity index (χ0v) is 14.4. The van der Waals surface area contributed by atoms with Gasteiger partial charge in [0.15, 0.2) is 0 Å². The molecule has 3 aromatic heterocycles. The number of aromatic amines is 1. The van der Waals surface area contributed by atoms with Gasteiger partial charge in [-0.2, -0.15) is 4.52 Å². The van der Waals surface area contributed by atoms with E-state index in [1.165, 1.54) is 34.1 Å². The van der Waals surface area contributed by atoms with Crippen molar-refractivity contribution in [2.75, 3.05) is 11.9 Å². The Hall–Kier alpha value is -2.74. The van der Waals surface area contributed by atoms with Gasteiger partial charge in [-0.25, -0.2) is 9.37 Å². The summed E-state index contributed by atoms with van der Waals surface area (Å²) in [5.74, 6) is -0.252. The van der Waals surface area contributed by atoms with Gasteiger partial charge in [0.1, 0.15) is 5.82 Å². The van der Waals surface area contributed by atoms with E-state index in [2.05, 4.69) is 20.4 Å². The molecular weight excluding hydrogens is 341 g/mol. The van der Waals surface area contributed by atoms with Gasteiger partial charge in [-0.1, -0.05) is 18.3 Å². The van der Waals surface area contributed by atoms with Crippen molar-refractivity contribution in [1.29, 1.82) is 0 Å². The quantitative estimate of drug-likeness (QED) is 0.576. The number of nitrogens with one attached hydrogen (secondary N) is 2. The zero-order valence-electron chi connectivity index (χ0n) is 13.5. The number of nitrogens with zero attached hydrogens (tertiary/aromatic N) is 3. The minimum Gasteiger partial charge on any atom is -0.361 e. The van der Waals surface area contributed by atoms with Gasteiger partial charge in [-0.15, -0.1) is 5.10 Å². The SMILES string of the molecule is CCc1cc(=O)n2nc(NCCc3c[nH]c4cc(F)ccc34)sc2n1. The first kappa shape index (κ1) is 15.8. The second kappa shape index (κ2) is 6.29. The van der Waals surface area contributed by atoms with Crippen LogP contribution < -0.4 is 10.9 Å². The summed E-state index contributed by atoms with van der Waals surface area (Å²) >= 11 is 1.36. The Balaban J connectivity index is 1.50. The second-order valence-electron chi connectivity index (χ2n) is 5.72. The molecule has 0 aliphatic rings. The van der Waals surface area contributed by atoms with E-state index in [0.717, 1.165) is 28.6 Å². The number of aryl methyl sites for hydroxylation is 1. The Morgan fingerprint density at radius 3 is 3.08 bits per heavy atom. The number of halogens is 1. The lowest BCUT2D eigenvalue weighted by molar-refractivity contribution is 0.629. The third-order valence-corrected chi connectivity index (χ3v) is 4.93. The highest BCUT2D eigenvalue weighted by molar-refractivity contribution is 7.20. The number of hydrogen-bond donors (Lipinski definition) is 2. The maximum Gasteiger partial charge on any atom is 0.275 e. The van der Waals surface area contributed by atoms with E-state index in [1.54, 1.807) is 6.07 Å². The minimum atomic E-state index is -0.252. The molecule has 0 aliphatic carbocycles. The molecule has 128 valence electrons. The summed E-state index contributed by atoms with van der Waals surface area (Å²) < 4.78 is 14.6. The van der Waals surface area contributed by atoms with Crippen molar-refractivity contribution < 1.29 is 4.39 Å². The van der Waals surface area contributed by atoms with Crippen molar-refractivity contribution in [3.8, 4) is 0 Å². The van der Waals surface area contributed by atoms with Crippen molar-refractivity contribution in [2.24, 2.45) is 0 Å². The van der Waals surface area contributed by atoms with Crippen molar-refractivity contribution >= 4 is 32.3 Å². The molecule has 4 aromatic rings. The molecule has 4 rings (SSSR count). The average Bonchev–Trinajstić information content (AvgIpc) is 3.18. The first-order valence-electron chi connectivity index (χ1n) is 8.03. The number of anilines is 1. The van der Waals surface area contributed by atoms with Gasteiger partial charge < -0.3 is 10.3 Å². The van der Waals surface area contributed by atoms with Crippen LogP contribution in [0.4, 0.5) is 9.52 Å². The topological polar surface area (TPSA) is 75.1 Å². The maximum atomic E-state index is 13.2. The van der Waals surface area contributed by atoms with Crippen molar-refractivity contribution in [1.82, 2.24) is 19.6 Å². The fourth-order valence-electron chi connectivity index (χ4n) is 2.78. The molecule has 0 atom stereocenters. The predicted octanol–water partition coefficient (Wildman–Crippen LogP) is 2.99. The van der Waals surface area contributed by atoms with E-state index in [0.29, 0.717) is 23.1 Å². The molecule has 0 spiro atoms. The van der Waals surface area contributed by atoms with E-state index in [4.69, 9.17) is 0 Å².